The van der Waals surface area contributed by atoms with Gasteiger partial charge in [0.05, 0.1) is 24.6 Å². The van der Waals surface area contributed by atoms with Crippen molar-refractivity contribution in [3.05, 3.63) is 53.3 Å². The first-order valence-electron chi connectivity index (χ1n) is 6.61. The minimum Gasteiger partial charge on any atom is -0.497 e. The fraction of sp³-hybridized carbons (Fsp3) is 0.250. The van der Waals surface area contributed by atoms with Crippen molar-refractivity contribution in [1.29, 1.82) is 0 Å². The van der Waals surface area contributed by atoms with E-state index in [2.05, 4.69) is 15.9 Å². The van der Waals surface area contributed by atoms with E-state index in [0.29, 0.717) is 11.5 Å². The van der Waals surface area contributed by atoms with Crippen LogP contribution in [0.3, 0.4) is 0 Å². The van der Waals surface area contributed by atoms with Crippen molar-refractivity contribution < 1.29 is 29.3 Å². The number of hydrogen-bond donors (Lipinski definition) is 2. The standard InChI is InChI=1S/C16H15BrO6/c1-22-9-3-4-11(14(18)19)12(7-9)16(15(20)21)6-5-10(23-2)8-13(16)17/h3-8,13H,1-2H3,(H,18,19)(H,20,21). The van der Waals surface area contributed by atoms with Crippen molar-refractivity contribution in [1.82, 2.24) is 0 Å². The molecule has 2 atom stereocenters. The molecular formula is C16H15BrO6. The second-order valence-corrected chi connectivity index (χ2v) is 5.89. The largest absolute Gasteiger partial charge is 0.497 e. The number of carbonyl (C=O) groups is 2. The quantitative estimate of drug-likeness (QED) is 0.760. The maximum atomic E-state index is 12.1. The van der Waals surface area contributed by atoms with Gasteiger partial charge in [-0.3, -0.25) is 4.79 Å². The summed E-state index contributed by atoms with van der Waals surface area (Å²) in [4.78, 5) is 22.9. The molecule has 0 aromatic heterocycles. The molecule has 0 saturated heterocycles. The molecular weight excluding hydrogens is 368 g/mol. The van der Waals surface area contributed by atoms with Gasteiger partial charge < -0.3 is 19.7 Å². The van der Waals surface area contributed by atoms with Crippen molar-refractivity contribution in [2.45, 2.75) is 10.2 Å². The lowest BCUT2D eigenvalue weighted by Crippen LogP contribution is -2.44. The number of aliphatic carboxylic acids is 1. The van der Waals surface area contributed by atoms with E-state index in [1.807, 2.05) is 0 Å². The van der Waals surface area contributed by atoms with Crippen LogP contribution in [0.1, 0.15) is 15.9 Å². The summed E-state index contributed by atoms with van der Waals surface area (Å²) in [5.41, 5.74) is -1.57. The molecule has 2 unspecified atom stereocenters. The summed E-state index contributed by atoms with van der Waals surface area (Å²) in [5.74, 6) is -1.53. The summed E-state index contributed by atoms with van der Waals surface area (Å²) in [5, 5.41) is 19.3. The molecule has 1 aliphatic rings. The van der Waals surface area contributed by atoms with Crippen LogP contribution in [0, 0.1) is 0 Å². The zero-order valence-electron chi connectivity index (χ0n) is 12.4. The van der Waals surface area contributed by atoms with E-state index in [9.17, 15) is 19.8 Å². The number of aromatic carboxylic acids is 1. The van der Waals surface area contributed by atoms with Gasteiger partial charge in [-0.15, -0.1) is 0 Å². The van der Waals surface area contributed by atoms with Gasteiger partial charge in [0.1, 0.15) is 16.9 Å². The zero-order valence-corrected chi connectivity index (χ0v) is 14.0. The first kappa shape index (κ1) is 17.1. The molecule has 0 aliphatic heterocycles. The van der Waals surface area contributed by atoms with Crippen LogP contribution in [-0.2, 0) is 14.9 Å². The first-order valence-corrected chi connectivity index (χ1v) is 7.52. The Bertz CT molecular complexity index is 709. The van der Waals surface area contributed by atoms with E-state index < -0.39 is 22.2 Å². The highest BCUT2D eigenvalue weighted by Gasteiger charge is 2.47. The Morgan fingerprint density at radius 1 is 1.22 bits per heavy atom. The topological polar surface area (TPSA) is 93.1 Å². The van der Waals surface area contributed by atoms with Crippen LogP contribution in [0.15, 0.2) is 42.2 Å². The molecule has 0 fully saturated rings. The first-order chi connectivity index (χ1) is 10.9. The number of carboxylic acid groups (broad SMARTS) is 2. The van der Waals surface area contributed by atoms with Gasteiger partial charge >= 0.3 is 11.9 Å². The Balaban J connectivity index is 2.73. The summed E-state index contributed by atoms with van der Waals surface area (Å²) in [6.07, 6.45) is 4.52. The second kappa shape index (κ2) is 6.45. The molecule has 7 heteroatoms. The number of methoxy groups -OCH3 is 2. The Kier molecular flexibility index (Phi) is 4.79. The van der Waals surface area contributed by atoms with Gasteiger partial charge in [-0.1, -0.05) is 22.0 Å². The molecule has 122 valence electrons. The van der Waals surface area contributed by atoms with E-state index >= 15 is 0 Å². The monoisotopic (exact) mass is 382 g/mol. The van der Waals surface area contributed by atoms with Crippen molar-refractivity contribution in [3.8, 4) is 5.75 Å². The molecule has 2 rings (SSSR count). The van der Waals surface area contributed by atoms with Crippen LogP contribution >= 0.6 is 15.9 Å². The lowest BCUT2D eigenvalue weighted by Gasteiger charge is -2.33. The van der Waals surface area contributed by atoms with Crippen molar-refractivity contribution >= 4 is 27.9 Å². The van der Waals surface area contributed by atoms with Gasteiger partial charge in [0.25, 0.3) is 0 Å². The van der Waals surface area contributed by atoms with Gasteiger partial charge in [-0.25, -0.2) is 4.79 Å². The van der Waals surface area contributed by atoms with Crippen LogP contribution in [0.25, 0.3) is 0 Å². The third kappa shape index (κ3) is 2.84. The number of alkyl halides is 1. The smallest absolute Gasteiger partial charge is 0.336 e. The summed E-state index contributed by atoms with van der Waals surface area (Å²) in [6, 6.07) is 4.25. The molecule has 0 saturated carbocycles. The second-order valence-electron chi connectivity index (χ2n) is 4.90. The molecule has 1 aromatic carbocycles. The maximum Gasteiger partial charge on any atom is 0.336 e. The van der Waals surface area contributed by atoms with Gasteiger partial charge in [-0.2, -0.15) is 0 Å². The molecule has 1 aromatic rings. The van der Waals surface area contributed by atoms with Crippen LogP contribution in [0.2, 0.25) is 0 Å². The highest BCUT2D eigenvalue weighted by molar-refractivity contribution is 9.09. The van der Waals surface area contributed by atoms with E-state index in [-0.39, 0.29) is 11.1 Å². The molecule has 0 radical (unpaired) electrons. The third-order valence-corrected chi connectivity index (χ3v) is 4.73. The zero-order chi connectivity index (χ0) is 17.2. The molecule has 0 spiro atoms. The molecule has 0 amide bonds. The van der Waals surface area contributed by atoms with Gasteiger partial charge in [0, 0.05) is 0 Å². The molecule has 23 heavy (non-hydrogen) atoms. The predicted octanol–water partition coefficient (Wildman–Crippen LogP) is 2.58. The Morgan fingerprint density at radius 3 is 2.39 bits per heavy atom. The number of ether oxygens (including phenoxy) is 2. The van der Waals surface area contributed by atoms with Crippen molar-refractivity contribution in [2.24, 2.45) is 0 Å². The Labute approximate surface area is 141 Å². The normalized spacial score (nSPS) is 23.1. The van der Waals surface area contributed by atoms with Crippen LogP contribution in [0.5, 0.6) is 5.75 Å². The van der Waals surface area contributed by atoms with Crippen molar-refractivity contribution in [3.63, 3.8) is 0 Å². The van der Waals surface area contributed by atoms with Crippen molar-refractivity contribution in [2.75, 3.05) is 14.2 Å². The third-order valence-electron chi connectivity index (χ3n) is 3.75. The molecule has 1 aliphatic carbocycles. The Hall–Kier alpha value is -2.28. The number of rotatable bonds is 5. The molecule has 0 heterocycles. The highest BCUT2D eigenvalue weighted by atomic mass is 79.9. The van der Waals surface area contributed by atoms with Crippen LogP contribution < -0.4 is 4.74 Å². The molecule has 2 N–H and O–H groups in total. The fourth-order valence-electron chi connectivity index (χ4n) is 2.49. The number of halogens is 1. The van der Waals surface area contributed by atoms with Crippen LogP contribution in [-0.4, -0.2) is 41.2 Å². The van der Waals surface area contributed by atoms with E-state index in [0.717, 1.165) is 0 Å². The maximum absolute atomic E-state index is 12.1. The fourth-order valence-corrected chi connectivity index (χ4v) is 3.35. The average Bonchev–Trinajstić information content (AvgIpc) is 2.53. The molecule has 6 nitrogen and oxygen atoms in total. The summed E-state index contributed by atoms with van der Waals surface area (Å²) < 4.78 is 10.2. The highest BCUT2D eigenvalue weighted by Crippen LogP contribution is 2.42. The molecule has 0 bridgehead atoms. The summed E-state index contributed by atoms with van der Waals surface area (Å²) in [7, 11) is 2.90. The average molecular weight is 383 g/mol. The number of benzene rings is 1. The summed E-state index contributed by atoms with van der Waals surface area (Å²) in [6.45, 7) is 0. The minimum absolute atomic E-state index is 0.100. The van der Waals surface area contributed by atoms with Gasteiger partial charge in [-0.05, 0) is 35.9 Å². The van der Waals surface area contributed by atoms with E-state index in [4.69, 9.17) is 9.47 Å². The number of allylic oxidation sites excluding steroid dienone is 2. The number of carboxylic acids is 2. The SMILES string of the molecule is COC1=CC(Br)C(C(=O)O)(c2cc(OC)ccc2C(=O)O)C=C1. The van der Waals surface area contributed by atoms with Crippen LogP contribution in [0.4, 0.5) is 0 Å². The van der Waals surface area contributed by atoms with Gasteiger partial charge in [0.15, 0.2) is 0 Å². The Morgan fingerprint density at radius 2 is 1.91 bits per heavy atom. The summed E-state index contributed by atoms with van der Waals surface area (Å²) >= 11 is 3.34. The van der Waals surface area contributed by atoms with E-state index in [1.165, 1.54) is 44.6 Å². The van der Waals surface area contributed by atoms with E-state index in [1.54, 1.807) is 6.08 Å². The number of hydrogen-bond acceptors (Lipinski definition) is 4. The predicted molar refractivity (Wildman–Crippen MR) is 86.2 cm³/mol. The minimum atomic E-state index is -1.59. The lowest BCUT2D eigenvalue weighted by atomic mass is 9.73. The lowest BCUT2D eigenvalue weighted by molar-refractivity contribution is -0.141. The van der Waals surface area contributed by atoms with Gasteiger partial charge in [0.2, 0.25) is 0 Å².